The number of hydrogen-bond acceptors (Lipinski definition) is 3. The van der Waals surface area contributed by atoms with Gasteiger partial charge in [0.1, 0.15) is 6.04 Å². The summed E-state index contributed by atoms with van der Waals surface area (Å²) in [6.07, 6.45) is 3.80. The Morgan fingerprint density at radius 3 is 2.81 bits per heavy atom. The summed E-state index contributed by atoms with van der Waals surface area (Å²) in [6, 6.07) is 8.35. The molecule has 1 N–H and O–H groups in total. The van der Waals surface area contributed by atoms with E-state index in [0.717, 1.165) is 23.7 Å². The molecular formula is C16H16N2O3. The van der Waals surface area contributed by atoms with Crippen molar-refractivity contribution >= 4 is 22.8 Å². The van der Waals surface area contributed by atoms with Crippen LogP contribution >= 0.6 is 0 Å². The van der Waals surface area contributed by atoms with Gasteiger partial charge in [-0.2, -0.15) is 0 Å². The molecule has 0 unspecified atom stereocenters. The van der Waals surface area contributed by atoms with E-state index in [0.29, 0.717) is 18.5 Å². The molecule has 0 spiro atoms. The fourth-order valence-electron chi connectivity index (χ4n) is 2.87. The Bertz CT molecular complexity index is 693. The quantitative estimate of drug-likeness (QED) is 0.918. The second kappa shape index (κ2) is 5.52. The van der Waals surface area contributed by atoms with Crippen molar-refractivity contribution in [1.29, 1.82) is 0 Å². The number of rotatable bonds is 2. The molecule has 1 aromatic heterocycles. The number of pyridine rings is 1. The third-order valence-corrected chi connectivity index (χ3v) is 3.93. The van der Waals surface area contributed by atoms with Crippen LogP contribution in [-0.4, -0.2) is 39.5 Å². The van der Waals surface area contributed by atoms with E-state index in [1.54, 1.807) is 12.3 Å². The van der Waals surface area contributed by atoms with Gasteiger partial charge in [-0.3, -0.25) is 9.78 Å². The maximum absolute atomic E-state index is 12.8. The van der Waals surface area contributed by atoms with Gasteiger partial charge in [-0.15, -0.1) is 0 Å². The predicted molar refractivity (Wildman–Crippen MR) is 78.1 cm³/mol. The van der Waals surface area contributed by atoms with Gasteiger partial charge in [0.2, 0.25) is 0 Å². The molecule has 3 rings (SSSR count). The SMILES string of the molecule is O=C(O)[C@@H]1CCCCN1C(=O)c1ccnc2ccccc12. The second-order valence-electron chi connectivity index (χ2n) is 5.22. The van der Waals surface area contributed by atoms with E-state index in [1.165, 1.54) is 4.90 Å². The van der Waals surface area contributed by atoms with Gasteiger partial charge in [0.05, 0.1) is 11.1 Å². The third kappa shape index (κ3) is 2.46. The smallest absolute Gasteiger partial charge is 0.326 e. The van der Waals surface area contributed by atoms with Crippen LogP contribution in [0.5, 0.6) is 0 Å². The zero-order valence-corrected chi connectivity index (χ0v) is 11.5. The minimum atomic E-state index is -0.929. The van der Waals surface area contributed by atoms with Crippen molar-refractivity contribution < 1.29 is 14.7 Å². The van der Waals surface area contributed by atoms with Crippen LogP contribution in [0.4, 0.5) is 0 Å². The van der Waals surface area contributed by atoms with Crippen LogP contribution in [0.15, 0.2) is 36.5 Å². The van der Waals surface area contributed by atoms with Crippen LogP contribution in [0.2, 0.25) is 0 Å². The van der Waals surface area contributed by atoms with E-state index in [9.17, 15) is 14.7 Å². The molecule has 0 aliphatic carbocycles. The van der Waals surface area contributed by atoms with Crippen molar-refractivity contribution in [2.75, 3.05) is 6.54 Å². The number of piperidine rings is 1. The lowest BCUT2D eigenvalue weighted by Crippen LogP contribution is -2.48. The maximum atomic E-state index is 12.8. The van der Waals surface area contributed by atoms with Gasteiger partial charge in [0, 0.05) is 18.1 Å². The Morgan fingerprint density at radius 2 is 2.00 bits per heavy atom. The van der Waals surface area contributed by atoms with E-state index in [1.807, 2.05) is 24.3 Å². The summed E-state index contributed by atoms with van der Waals surface area (Å²) in [6.45, 7) is 0.493. The minimum Gasteiger partial charge on any atom is -0.480 e. The Morgan fingerprint density at radius 1 is 1.19 bits per heavy atom. The first-order chi connectivity index (χ1) is 10.2. The number of hydrogen-bond donors (Lipinski definition) is 1. The summed E-state index contributed by atoms with van der Waals surface area (Å²) in [5.41, 5.74) is 1.26. The molecule has 1 amide bonds. The van der Waals surface area contributed by atoms with Gasteiger partial charge < -0.3 is 10.0 Å². The van der Waals surface area contributed by atoms with Gasteiger partial charge in [-0.1, -0.05) is 18.2 Å². The highest BCUT2D eigenvalue weighted by Gasteiger charge is 2.32. The van der Waals surface area contributed by atoms with Crippen molar-refractivity contribution in [1.82, 2.24) is 9.88 Å². The number of aliphatic carboxylic acids is 1. The van der Waals surface area contributed by atoms with E-state index in [-0.39, 0.29) is 5.91 Å². The van der Waals surface area contributed by atoms with E-state index >= 15 is 0 Å². The number of carbonyl (C=O) groups is 2. The zero-order valence-electron chi connectivity index (χ0n) is 11.5. The molecule has 0 bridgehead atoms. The standard InChI is InChI=1S/C16H16N2O3/c19-15(18-10-4-3-7-14(18)16(20)21)12-8-9-17-13-6-2-1-5-11(12)13/h1-2,5-6,8-9,14H,3-4,7,10H2,(H,20,21)/t14-/m0/s1. The van der Waals surface area contributed by atoms with Crippen LogP contribution in [0.3, 0.4) is 0 Å². The summed E-state index contributed by atoms with van der Waals surface area (Å²) in [5.74, 6) is -1.15. The summed E-state index contributed by atoms with van der Waals surface area (Å²) in [7, 11) is 0. The number of carboxylic acid groups (broad SMARTS) is 1. The fourth-order valence-corrected chi connectivity index (χ4v) is 2.87. The summed E-state index contributed by atoms with van der Waals surface area (Å²) >= 11 is 0. The van der Waals surface area contributed by atoms with Crippen molar-refractivity contribution in [3.05, 3.63) is 42.1 Å². The van der Waals surface area contributed by atoms with Crippen LogP contribution < -0.4 is 0 Å². The lowest BCUT2D eigenvalue weighted by Gasteiger charge is -2.33. The van der Waals surface area contributed by atoms with Crippen molar-refractivity contribution in [3.63, 3.8) is 0 Å². The molecule has 1 atom stereocenters. The average Bonchev–Trinajstić information content (AvgIpc) is 2.53. The largest absolute Gasteiger partial charge is 0.480 e. The normalized spacial score (nSPS) is 18.7. The van der Waals surface area contributed by atoms with Crippen LogP contribution in [0.25, 0.3) is 10.9 Å². The molecule has 1 fully saturated rings. The Labute approximate surface area is 122 Å². The third-order valence-electron chi connectivity index (χ3n) is 3.93. The Kier molecular flexibility index (Phi) is 3.56. The van der Waals surface area contributed by atoms with E-state index in [2.05, 4.69) is 4.98 Å². The molecule has 1 aromatic carbocycles. The number of likely N-dealkylation sites (tertiary alicyclic amines) is 1. The molecule has 5 nitrogen and oxygen atoms in total. The first-order valence-electron chi connectivity index (χ1n) is 7.06. The summed E-state index contributed by atoms with van der Waals surface area (Å²) in [5, 5.41) is 10.1. The van der Waals surface area contributed by atoms with Crippen LogP contribution in [0, 0.1) is 0 Å². The molecule has 1 aliphatic rings. The van der Waals surface area contributed by atoms with E-state index in [4.69, 9.17) is 0 Å². The lowest BCUT2D eigenvalue weighted by atomic mass is 10.00. The number of fused-ring (bicyclic) bond motifs is 1. The maximum Gasteiger partial charge on any atom is 0.326 e. The van der Waals surface area contributed by atoms with Gasteiger partial charge in [0.15, 0.2) is 0 Å². The Hall–Kier alpha value is -2.43. The number of nitrogens with zero attached hydrogens (tertiary/aromatic N) is 2. The number of para-hydroxylation sites is 1. The summed E-state index contributed by atoms with van der Waals surface area (Å²) < 4.78 is 0. The summed E-state index contributed by atoms with van der Waals surface area (Å²) in [4.78, 5) is 29.8. The number of amides is 1. The molecule has 2 aromatic rings. The number of carbonyl (C=O) groups excluding carboxylic acids is 1. The fraction of sp³-hybridized carbons (Fsp3) is 0.312. The van der Waals surface area contributed by atoms with Crippen molar-refractivity contribution in [3.8, 4) is 0 Å². The molecular weight excluding hydrogens is 268 g/mol. The molecule has 21 heavy (non-hydrogen) atoms. The number of aromatic nitrogens is 1. The molecule has 5 heteroatoms. The number of benzene rings is 1. The van der Waals surface area contributed by atoms with Crippen molar-refractivity contribution in [2.24, 2.45) is 0 Å². The highest BCUT2D eigenvalue weighted by atomic mass is 16.4. The molecule has 1 saturated heterocycles. The monoisotopic (exact) mass is 284 g/mol. The van der Waals surface area contributed by atoms with Gasteiger partial charge in [-0.05, 0) is 31.4 Å². The van der Waals surface area contributed by atoms with Gasteiger partial charge in [-0.25, -0.2) is 4.79 Å². The topological polar surface area (TPSA) is 70.5 Å². The first kappa shape index (κ1) is 13.5. The molecule has 108 valence electrons. The highest BCUT2D eigenvalue weighted by molar-refractivity contribution is 6.07. The average molecular weight is 284 g/mol. The predicted octanol–water partition coefficient (Wildman–Crippen LogP) is 2.31. The van der Waals surface area contributed by atoms with Crippen molar-refractivity contribution in [2.45, 2.75) is 25.3 Å². The second-order valence-corrected chi connectivity index (χ2v) is 5.22. The molecule has 1 aliphatic heterocycles. The Balaban J connectivity index is 2.01. The van der Waals surface area contributed by atoms with Gasteiger partial charge >= 0.3 is 5.97 Å². The zero-order chi connectivity index (χ0) is 14.8. The number of carboxylic acids is 1. The molecule has 0 radical (unpaired) electrons. The lowest BCUT2D eigenvalue weighted by molar-refractivity contribution is -0.143. The molecule has 2 heterocycles. The highest BCUT2D eigenvalue weighted by Crippen LogP contribution is 2.23. The molecule has 0 saturated carbocycles. The van der Waals surface area contributed by atoms with E-state index < -0.39 is 12.0 Å². The van der Waals surface area contributed by atoms with Crippen LogP contribution in [0.1, 0.15) is 29.6 Å². The van der Waals surface area contributed by atoms with Crippen LogP contribution in [-0.2, 0) is 4.79 Å². The minimum absolute atomic E-state index is 0.222. The first-order valence-corrected chi connectivity index (χ1v) is 7.06. The van der Waals surface area contributed by atoms with Gasteiger partial charge in [0.25, 0.3) is 5.91 Å².